The van der Waals surface area contributed by atoms with Crippen molar-refractivity contribution < 1.29 is 4.74 Å². The van der Waals surface area contributed by atoms with Crippen LogP contribution >= 0.6 is 0 Å². The number of ether oxygens (including phenoxy) is 1. The van der Waals surface area contributed by atoms with Gasteiger partial charge in [-0.1, -0.05) is 6.42 Å². The van der Waals surface area contributed by atoms with Crippen LogP contribution in [0.2, 0.25) is 0 Å². The molecule has 0 aliphatic carbocycles. The molecule has 0 saturated carbocycles. The molecule has 3 heteroatoms. The van der Waals surface area contributed by atoms with E-state index in [1.165, 1.54) is 64.8 Å². The lowest BCUT2D eigenvalue weighted by Crippen LogP contribution is -2.44. The van der Waals surface area contributed by atoms with Crippen molar-refractivity contribution in [2.75, 3.05) is 46.4 Å². The van der Waals surface area contributed by atoms with Gasteiger partial charge < -0.3 is 9.64 Å². The Morgan fingerprint density at radius 3 is 2.88 bits per heavy atom. The number of rotatable bonds is 4. The first-order valence-corrected chi connectivity index (χ1v) is 6.85. The Morgan fingerprint density at radius 1 is 1.12 bits per heavy atom. The third-order valence-electron chi connectivity index (χ3n) is 3.96. The van der Waals surface area contributed by atoms with Crippen LogP contribution in [0.4, 0.5) is 0 Å². The molecule has 0 aromatic heterocycles. The molecule has 2 rings (SSSR count). The Bertz CT molecular complexity index is 198. The Balaban J connectivity index is 1.77. The van der Waals surface area contributed by atoms with Crippen molar-refractivity contribution in [3.05, 3.63) is 0 Å². The molecule has 1 atom stereocenters. The van der Waals surface area contributed by atoms with Crippen molar-refractivity contribution in [1.29, 1.82) is 0 Å². The molecule has 0 amide bonds. The summed E-state index contributed by atoms with van der Waals surface area (Å²) >= 11 is 0. The third-order valence-corrected chi connectivity index (χ3v) is 3.96. The van der Waals surface area contributed by atoms with Crippen LogP contribution in [0, 0.1) is 0 Å². The predicted octanol–water partition coefficient (Wildman–Crippen LogP) is 1.58. The molecular weight excluding hydrogens is 200 g/mol. The standard InChI is InChI=1S/C13H26N2O/c1-16-11-5-8-14-7-4-10-15-9-3-2-6-13(15)12-14/h13H,2-12H2,1H3. The van der Waals surface area contributed by atoms with Crippen LogP contribution < -0.4 is 0 Å². The zero-order valence-corrected chi connectivity index (χ0v) is 10.7. The van der Waals surface area contributed by atoms with E-state index in [0.717, 1.165) is 12.6 Å². The number of hydrogen-bond acceptors (Lipinski definition) is 3. The van der Waals surface area contributed by atoms with Crippen LogP contribution in [0.15, 0.2) is 0 Å². The highest BCUT2D eigenvalue weighted by atomic mass is 16.5. The second-order valence-corrected chi connectivity index (χ2v) is 5.19. The zero-order chi connectivity index (χ0) is 11.2. The third kappa shape index (κ3) is 3.44. The fraction of sp³-hybridized carbons (Fsp3) is 1.00. The first kappa shape index (κ1) is 12.3. The summed E-state index contributed by atoms with van der Waals surface area (Å²) in [5, 5.41) is 0. The lowest BCUT2D eigenvalue weighted by molar-refractivity contribution is 0.129. The van der Waals surface area contributed by atoms with Crippen molar-refractivity contribution in [3.8, 4) is 0 Å². The average Bonchev–Trinajstić information content (AvgIpc) is 2.51. The van der Waals surface area contributed by atoms with Crippen LogP contribution in [-0.2, 0) is 4.74 Å². The van der Waals surface area contributed by atoms with Gasteiger partial charge in [-0.15, -0.1) is 0 Å². The van der Waals surface area contributed by atoms with Gasteiger partial charge in [-0.2, -0.15) is 0 Å². The van der Waals surface area contributed by atoms with Crippen LogP contribution in [0.5, 0.6) is 0 Å². The molecule has 0 spiro atoms. The Morgan fingerprint density at radius 2 is 2.00 bits per heavy atom. The smallest absolute Gasteiger partial charge is 0.0474 e. The Kier molecular flexibility index (Phi) is 5.07. The van der Waals surface area contributed by atoms with E-state index >= 15 is 0 Å². The molecule has 16 heavy (non-hydrogen) atoms. The normalized spacial score (nSPS) is 28.7. The highest BCUT2D eigenvalue weighted by Crippen LogP contribution is 2.20. The molecule has 0 N–H and O–H groups in total. The average molecular weight is 226 g/mol. The monoisotopic (exact) mass is 226 g/mol. The van der Waals surface area contributed by atoms with E-state index in [1.54, 1.807) is 7.11 Å². The summed E-state index contributed by atoms with van der Waals surface area (Å²) in [7, 11) is 1.80. The fourth-order valence-electron chi connectivity index (χ4n) is 3.08. The van der Waals surface area contributed by atoms with Crippen molar-refractivity contribution >= 4 is 0 Å². The molecule has 94 valence electrons. The number of piperidine rings is 1. The largest absolute Gasteiger partial charge is 0.385 e. The summed E-state index contributed by atoms with van der Waals surface area (Å²) in [6, 6.07) is 0.846. The summed E-state index contributed by atoms with van der Waals surface area (Å²) in [6.45, 7) is 7.38. The van der Waals surface area contributed by atoms with Gasteiger partial charge >= 0.3 is 0 Å². The van der Waals surface area contributed by atoms with Crippen molar-refractivity contribution in [1.82, 2.24) is 9.80 Å². The van der Waals surface area contributed by atoms with E-state index in [0.29, 0.717) is 0 Å². The first-order chi connectivity index (χ1) is 7.90. The van der Waals surface area contributed by atoms with Crippen LogP contribution in [0.3, 0.4) is 0 Å². The Hall–Kier alpha value is -0.120. The second-order valence-electron chi connectivity index (χ2n) is 5.19. The van der Waals surface area contributed by atoms with E-state index in [9.17, 15) is 0 Å². The lowest BCUT2D eigenvalue weighted by Gasteiger charge is -2.35. The number of fused-ring (bicyclic) bond motifs is 1. The molecule has 0 radical (unpaired) electrons. The summed E-state index contributed by atoms with van der Waals surface area (Å²) in [4.78, 5) is 5.37. The molecule has 0 bridgehead atoms. The van der Waals surface area contributed by atoms with Crippen molar-refractivity contribution in [2.24, 2.45) is 0 Å². The van der Waals surface area contributed by atoms with Crippen LogP contribution in [-0.4, -0.2) is 62.3 Å². The SMILES string of the molecule is COCCCN1CCCN2CCCCC2C1. The minimum atomic E-state index is 0.846. The predicted molar refractivity (Wildman–Crippen MR) is 66.8 cm³/mol. The second kappa shape index (κ2) is 6.58. The van der Waals surface area contributed by atoms with Crippen LogP contribution in [0.1, 0.15) is 32.1 Å². The van der Waals surface area contributed by atoms with Gasteiger partial charge in [0.1, 0.15) is 0 Å². The molecule has 2 aliphatic rings. The molecule has 0 aromatic carbocycles. The van der Waals surface area contributed by atoms with Gasteiger partial charge in [0.05, 0.1) is 0 Å². The first-order valence-electron chi connectivity index (χ1n) is 6.85. The molecule has 2 saturated heterocycles. The maximum atomic E-state index is 5.13. The molecule has 2 fully saturated rings. The highest BCUT2D eigenvalue weighted by molar-refractivity contribution is 4.83. The van der Waals surface area contributed by atoms with E-state index in [4.69, 9.17) is 4.74 Å². The minimum absolute atomic E-state index is 0.846. The van der Waals surface area contributed by atoms with Gasteiger partial charge in [-0.25, -0.2) is 0 Å². The van der Waals surface area contributed by atoms with Gasteiger partial charge in [-0.05, 0) is 45.3 Å². The fourth-order valence-corrected chi connectivity index (χ4v) is 3.08. The van der Waals surface area contributed by atoms with Gasteiger partial charge in [0.15, 0.2) is 0 Å². The summed E-state index contributed by atoms with van der Waals surface area (Å²) in [6.07, 6.45) is 6.81. The van der Waals surface area contributed by atoms with Crippen molar-refractivity contribution in [3.63, 3.8) is 0 Å². The number of hydrogen-bond donors (Lipinski definition) is 0. The molecule has 1 unspecified atom stereocenters. The van der Waals surface area contributed by atoms with Gasteiger partial charge in [0, 0.05) is 32.8 Å². The molecule has 2 aliphatic heterocycles. The van der Waals surface area contributed by atoms with Crippen molar-refractivity contribution in [2.45, 2.75) is 38.1 Å². The lowest BCUT2D eigenvalue weighted by atomic mass is 10.0. The molecule has 2 heterocycles. The maximum absolute atomic E-state index is 5.13. The van der Waals surface area contributed by atoms with E-state index in [-0.39, 0.29) is 0 Å². The maximum Gasteiger partial charge on any atom is 0.0474 e. The molecular formula is C13H26N2O. The summed E-state index contributed by atoms with van der Waals surface area (Å²) < 4.78 is 5.13. The topological polar surface area (TPSA) is 15.7 Å². The summed E-state index contributed by atoms with van der Waals surface area (Å²) in [5.74, 6) is 0. The minimum Gasteiger partial charge on any atom is -0.385 e. The zero-order valence-electron chi connectivity index (χ0n) is 10.7. The molecule has 3 nitrogen and oxygen atoms in total. The number of methoxy groups -OCH3 is 1. The van der Waals surface area contributed by atoms with E-state index < -0.39 is 0 Å². The summed E-state index contributed by atoms with van der Waals surface area (Å²) in [5.41, 5.74) is 0. The highest BCUT2D eigenvalue weighted by Gasteiger charge is 2.26. The molecule has 0 aromatic rings. The Labute approximate surface area is 99.7 Å². The number of nitrogens with zero attached hydrogens (tertiary/aromatic N) is 2. The van der Waals surface area contributed by atoms with Gasteiger partial charge in [0.2, 0.25) is 0 Å². The van der Waals surface area contributed by atoms with E-state index in [1.807, 2.05) is 0 Å². The van der Waals surface area contributed by atoms with Gasteiger partial charge in [0.25, 0.3) is 0 Å². The van der Waals surface area contributed by atoms with Gasteiger partial charge in [-0.3, -0.25) is 4.90 Å². The quantitative estimate of drug-likeness (QED) is 0.677. The van der Waals surface area contributed by atoms with Crippen LogP contribution in [0.25, 0.3) is 0 Å². The van der Waals surface area contributed by atoms with E-state index in [2.05, 4.69) is 9.80 Å².